The summed E-state index contributed by atoms with van der Waals surface area (Å²) in [6, 6.07) is 5.08. The van der Waals surface area contributed by atoms with Gasteiger partial charge in [0.25, 0.3) is 0 Å². The lowest BCUT2D eigenvalue weighted by Crippen LogP contribution is -2.41. The van der Waals surface area contributed by atoms with E-state index >= 15 is 0 Å². The third kappa shape index (κ3) is 3.82. The van der Waals surface area contributed by atoms with Crippen molar-refractivity contribution in [3.05, 3.63) is 29.6 Å². The van der Waals surface area contributed by atoms with Gasteiger partial charge in [0.05, 0.1) is 11.2 Å². The van der Waals surface area contributed by atoms with Gasteiger partial charge in [-0.1, -0.05) is 19.9 Å². The summed E-state index contributed by atoms with van der Waals surface area (Å²) in [5.74, 6) is 0.559. The van der Waals surface area contributed by atoms with Crippen LogP contribution in [-0.4, -0.2) is 23.6 Å². The van der Waals surface area contributed by atoms with Crippen LogP contribution in [0.1, 0.15) is 47.1 Å². The highest BCUT2D eigenvalue weighted by molar-refractivity contribution is 7.99. The first-order valence-corrected chi connectivity index (χ1v) is 8.42. The maximum Gasteiger partial charge on any atom is 0.494 e. The molecule has 0 bridgehead atoms. The number of thioether (sulfide) groups is 1. The molecule has 2 nitrogen and oxygen atoms in total. The lowest BCUT2D eigenvalue weighted by molar-refractivity contribution is 0.00578. The average molecular weight is 310 g/mol. The molecular weight excluding hydrogens is 286 g/mol. The van der Waals surface area contributed by atoms with Gasteiger partial charge in [-0.3, -0.25) is 0 Å². The molecule has 0 saturated carbocycles. The topological polar surface area (TPSA) is 18.5 Å². The predicted molar refractivity (Wildman–Crippen MR) is 88.5 cm³/mol. The molecule has 1 aromatic carbocycles. The molecule has 1 aliphatic rings. The summed E-state index contributed by atoms with van der Waals surface area (Å²) in [5.41, 5.74) is 0.916. The first-order chi connectivity index (χ1) is 9.60. The second-order valence-electron chi connectivity index (χ2n) is 6.84. The average Bonchev–Trinajstić information content (AvgIpc) is 2.55. The van der Waals surface area contributed by atoms with Gasteiger partial charge in [0.2, 0.25) is 0 Å². The molecule has 0 amide bonds. The van der Waals surface area contributed by atoms with Gasteiger partial charge in [-0.05, 0) is 56.1 Å². The van der Waals surface area contributed by atoms with Crippen LogP contribution >= 0.6 is 11.8 Å². The Morgan fingerprint density at radius 3 is 2.19 bits per heavy atom. The molecule has 0 radical (unpaired) electrons. The molecule has 116 valence electrons. The minimum Gasteiger partial charge on any atom is -0.399 e. The van der Waals surface area contributed by atoms with Gasteiger partial charge in [0.1, 0.15) is 5.82 Å². The van der Waals surface area contributed by atoms with Gasteiger partial charge < -0.3 is 9.31 Å². The molecule has 0 spiro atoms. The van der Waals surface area contributed by atoms with Crippen LogP contribution in [0.4, 0.5) is 4.39 Å². The molecule has 5 heteroatoms. The van der Waals surface area contributed by atoms with Crippen LogP contribution in [0.3, 0.4) is 0 Å². The monoisotopic (exact) mass is 310 g/mol. The van der Waals surface area contributed by atoms with Crippen molar-refractivity contribution in [1.82, 2.24) is 0 Å². The summed E-state index contributed by atoms with van der Waals surface area (Å²) in [7, 11) is -0.506. The number of hydrogen-bond donors (Lipinski definition) is 0. The molecule has 0 unspecified atom stereocenters. The fourth-order valence-corrected chi connectivity index (χ4v) is 2.83. The molecule has 0 N–H and O–H groups in total. The maximum absolute atomic E-state index is 13.9. The van der Waals surface area contributed by atoms with E-state index in [1.165, 1.54) is 6.07 Å². The minimum atomic E-state index is -0.506. The number of hydrogen-bond acceptors (Lipinski definition) is 3. The zero-order valence-corrected chi connectivity index (χ0v) is 14.5. The molecule has 1 aromatic rings. The molecule has 1 saturated heterocycles. The normalized spacial score (nSPS) is 20.3. The van der Waals surface area contributed by atoms with Crippen molar-refractivity contribution in [3.63, 3.8) is 0 Å². The summed E-state index contributed by atoms with van der Waals surface area (Å²) in [4.78, 5) is 0. The number of rotatable bonds is 4. The molecule has 1 aliphatic heterocycles. The Hall–Kier alpha value is -0.515. The number of halogens is 1. The van der Waals surface area contributed by atoms with Gasteiger partial charge in [-0.2, -0.15) is 11.8 Å². The molecule has 0 aromatic heterocycles. The third-order valence-corrected chi connectivity index (χ3v) is 5.26. The summed E-state index contributed by atoms with van der Waals surface area (Å²) >= 11 is 1.80. The fraction of sp³-hybridized carbons (Fsp3) is 0.625. The smallest absolute Gasteiger partial charge is 0.399 e. The highest BCUT2D eigenvalue weighted by atomic mass is 32.2. The molecule has 1 fully saturated rings. The lowest BCUT2D eigenvalue weighted by Gasteiger charge is -2.32. The minimum absolute atomic E-state index is 0.235. The molecule has 0 atom stereocenters. The molecule has 1 heterocycles. The molecule has 2 rings (SSSR count). The van der Waals surface area contributed by atoms with E-state index in [4.69, 9.17) is 9.31 Å². The zero-order chi connectivity index (χ0) is 15.8. The van der Waals surface area contributed by atoms with Crippen LogP contribution < -0.4 is 5.46 Å². The quantitative estimate of drug-likeness (QED) is 0.789. The SMILES string of the molecule is CC(C)SCc1cc(F)cc(B2OC(C)(C)C(C)(C)O2)c1. The standard InChI is InChI=1S/C16H24BFO2S/c1-11(2)21-10-12-7-13(9-14(18)8-12)17-19-15(3,4)16(5,6)20-17/h7-9,11H,10H2,1-6H3. The van der Waals surface area contributed by atoms with Crippen LogP contribution in [0.15, 0.2) is 18.2 Å². The highest BCUT2D eigenvalue weighted by Crippen LogP contribution is 2.36. The zero-order valence-electron chi connectivity index (χ0n) is 13.7. The second-order valence-corrected chi connectivity index (χ2v) is 8.41. The lowest BCUT2D eigenvalue weighted by atomic mass is 9.78. The van der Waals surface area contributed by atoms with Crippen LogP contribution in [0.5, 0.6) is 0 Å². The van der Waals surface area contributed by atoms with Crippen molar-refractivity contribution in [2.45, 2.75) is 63.7 Å². The second kappa shape index (κ2) is 5.94. The molecule has 21 heavy (non-hydrogen) atoms. The molecule has 0 aliphatic carbocycles. The van der Waals surface area contributed by atoms with Gasteiger partial charge >= 0.3 is 7.12 Å². The van der Waals surface area contributed by atoms with E-state index in [0.717, 1.165) is 16.8 Å². The van der Waals surface area contributed by atoms with Crippen molar-refractivity contribution >= 4 is 24.3 Å². The van der Waals surface area contributed by atoms with Crippen LogP contribution in [0, 0.1) is 5.82 Å². The van der Waals surface area contributed by atoms with Crippen molar-refractivity contribution in [3.8, 4) is 0 Å². The largest absolute Gasteiger partial charge is 0.494 e. The van der Waals surface area contributed by atoms with Crippen molar-refractivity contribution in [2.75, 3.05) is 0 Å². The first-order valence-electron chi connectivity index (χ1n) is 7.37. The summed E-state index contributed by atoms with van der Waals surface area (Å²) < 4.78 is 25.9. The Labute approximate surface area is 131 Å². The third-order valence-electron chi connectivity index (χ3n) is 4.09. The van der Waals surface area contributed by atoms with Crippen molar-refractivity contribution in [2.24, 2.45) is 0 Å². The predicted octanol–water partition coefficient (Wildman–Crippen LogP) is 3.77. The van der Waals surface area contributed by atoms with Gasteiger partial charge in [-0.25, -0.2) is 4.39 Å². The fourth-order valence-electron chi connectivity index (χ4n) is 2.14. The number of benzene rings is 1. The summed E-state index contributed by atoms with van der Waals surface area (Å²) in [6.45, 7) is 12.3. The Morgan fingerprint density at radius 1 is 1.10 bits per heavy atom. The Morgan fingerprint density at radius 2 is 1.67 bits per heavy atom. The summed E-state index contributed by atoms with van der Waals surface area (Å²) in [6.07, 6.45) is 0. The first kappa shape index (κ1) is 16.8. The van der Waals surface area contributed by atoms with E-state index < -0.39 is 18.3 Å². The highest BCUT2D eigenvalue weighted by Gasteiger charge is 2.51. The Kier molecular flexibility index (Phi) is 4.76. The molecular formula is C16H24BFO2S. The Balaban J connectivity index is 2.21. The van der Waals surface area contributed by atoms with Gasteiger partial charge in [-0.15, -0.1) is 0 Å². The van der Waals surface area contributed by atoms with E-state index in [9.17, 15) is 4.39 Å². The van der Waals surface area contributed by atoms with Crippen LogP contribution in [0.25, 0.3) is 0 Å². The van der Waals surface area contributed by atoms with Crippen LogP contribution in [-0.2, 0) is 15.1 Å². The van der Waals surface area contributed by atoms with E-state index in [1.54, 1.807) is 17.8 Å². The van der Waals surface area contributed by atoms with Gasteiger partial charge in [0, 0.05) is 5.75 Å². The van der Waals surface area contributed by atoms with Crippen molar-refractivity contribution < 1.29 is 13.7 Å². The maximum atomic E-state index is 13.9. The van der Waals surface area contributed by atoms with Gasteiger partial charge in [0.15, 0.2) is 0 Å². The van der Waals surface area contributed by atoms with E-state index in [-0.39, 0.29) is 5.82 Å². The van der Waals surface area contributed by atoms with Crippen molar-refractivity contribution in [1.29, 1.82) is 0 Å². The Bertz CT molecular complexity index is 501. The van der Waals surface area contributed by atoms with Crippen LogP contribution in [0.2, 0.25) is 0 Å². The van der Waals surface area contributed by atoms with E-state index in [0.29, 0.717) is 5.25 Å². The van der Waals surface area contributed by atoms with E-state index in [2.05, 4.69) is 13.8 Å². The van der Waals surface area contributed by atoms with E-state index in [1.807, 2.05) is 33.8 Å². The summed E-state index contributed by atoms with van der Waals surface area (Å²) in [5, 5.41) is 0.522.